The van der Waals surface area contributed by atoms with Gasteiger partial charge in [0.1, 0.15) is 5.75 Å². The van der Waals surface area contributed by atoms with E-state index in [0.29, 0.717) is 11.6 Å². The standard InChI is InChI=1S/C21H22N4O2S/c26-21(19-8-4-5-11-25(19)14-18-13-22-15-28-18)24-16-9-10-20(23-12-16)27-17-6-2-1-3-7-17/h1-3,6-7,9-10,12-13,15,19H,4-5,8,11,14H2,(H,24,26)/t19-/m1/s1. The molecule has 1 N–H and O–H groups in total. The van der Waals surface area contributed by atoms with Gasteiger partial charge in [0.2, 0.25) is 11.8 Å². The molecule has 7 heteroatoms. The van der Waals surface area contributed by atoms with Crippen molar-refractivity contribution in [1.82, 2.24) is 14.9 Å². The van der Waals surface area contributed by atoms with Crippen molar-refractivity contribution in [2.24, 2.45) is 0 Å². The van der Waals surface area contributed by atoms with Crippen molar-refractivity contribution in [3.05, 3.63) is 65.2 Å². The Labute approximate surface area is 168 Å². The average molecular weight is 395 g/mol. The molecule has 1 fully saturated rings. The van der Waals surface area contributed by atoms with Crippen LogP contribution in [0.5, 0.6) is 11.6 Å². The Kier molecular flexibility index (Phi) is 5.94. The molecule has 1 atom stereocenters. The van der Waals surface area contributed by atoms with Gasteiger partial charge in [0.05, 0.1) is 23.4 Å². The third-order valence-electron chi connectivity index (χ3n) is 4.73. The molecular weight excluding hydrogens is 372 g/mol. The zero-order valence-electron chi connectivity index (χ0n) is 15.5. The van der Waals surface area contributed by atoms with Gasteiger partial charge < -0.3 is 10.1 Å². The molecule has 1 aromatic carbocycles. The normalized spacial score (nSPS) is 17.2. The molecule has 1 aliphatic heterocycles. The third-order valence-corrected chi connectivity index (χ3v) is 5.49. The van der Waals surface area contributed by atoms with Crippen molar-refractivity contribution < 1.29 is 9.53 Å². The van der Waals surface area contributed by atoms with Crippen LogP contribution in [0, 0.1) is 0 Å². The number of ether oxygens (including phenoxy) is 1. The number of hydrogen-bond donors (Lipinski definition) is 1. The Morgan fingerprint density at radius 1 is 1.18 bits per heavy atom. The van der Waals surface area contributed by atoms with Gasteiger partial charge in [-0.2, -0.15) is 0 Å². The maximum atomic E-state index is 12.9. The molecule has 0 saturated carbocycles. The van der Waals surface area contributed by atoms with Crippen LogP contribution in [-0.4, -0.2) is 33.4 Å². The average Bonchev–Trinajstić information content (AvgIpc) is 3.24. The summed E-state index contributed by atoms with van der Waals surface area (Å²) in [5.74, 6) is 1.24. The number of rotatable bonds is 6. The number of nitrogens with one attached hydrogen (secondary N) is 1. The first-order valence-corrected chi connectivity index (χ1v) is 10.3. The number of carbonyl (C=O) groups is 1. The summed E-state index contributed by atoms with van der Waals surface area (Å²) in [6, 6.07) is 12.9. The smallest absolute Gasteiger partial charge is 0.241 e. The highest BCUT2D eigenvalue weighted by atomic mass is 32.1. The van der Waals surface area contributed by atoms with E-state index in [1.54, 1.807) is 23.6 Å². The molecule has 0 radical (unpaired) electrons. The number of aromatic nitrogens is 2. The number of carbonyl (C=O) groups excluding carboxylic acids is 1. The fourth-order valence-corrected chi connectivity index (χ4v) is 3.97. The fraction of sp³-hybridized carbons (Fsp3) is 0.286. The molecule has 4 rings (SSSR count). The lowest BCUT2D eigenvalue weighted by Gasteiger charge is -2.34. The minimum atomic E-state index is -0.129. The summed E-state index contributed by atoms with van der Waals surface area (Å²) in [5, 5.41) is 3.00. The van der Waals surface area contributed by atoms with Crippen molar-refractivity contribution in [2.45, 2.75) is 31.8 Å². The lowest BCUT2D eigenvalue weighted by atomic mass is 10.0. The van der Waals surface area contributed by atoms with E-state index in [-0.39, 0.29) is 11.9 Å². The molecule has 1 aliphatic rings. The van der Waals surface area contributed by atoms with E-state index in [2.05, 4.69) is 20.2 Å². The number of piperidine rings is 1. The molecule has 6 nitrogen and oxygen atoms in total. The highest BCUT2D eigenvalue weighted by molar-refractivity contribution is 7.09. The maximum absolute atomic E-state index is 12.9. The molecule has 28 heavy (non-hydrogen) atoms. The topological polar surface area (TPSA) is 67.3 Å². The van der Waals surface area contributed by atoms with Gasteiger partial charge >= 0.3 is 0 Å². The number of likely N-dealkylation sites (tertiary alicyclic amines) is 1. The van der Waals surface area contributed by atoms with Crippen LogP contribution in [0.4, 0.5) is 5.69 Å². The van der Waals surface area contributed by atoms with Crippen LogP contribution in [0.25, 0.3) is 0 Å². The van der Waals surface area contributed by atoms with Crippen LogP contribution in [0.2, 0.25) is 0 Å². The van der Waals surface area contributed by atoms with E-state index in [0.717, 1.165) is 38.1 Å². The molecule has 3 heterocycles. The Hall–Kier alpha value is -2.77. The van der Waals surface area contributed by atoms with Crippen molar-refractivity contribution >= 4 is 22.9 Å². The van der Waals surface area contributed by atoms with Gasteiger partial charge in [-0.05, 0) is 37.6 Å². The minimum Gasteiger partial charge on any atom is -0.439 e. The van der Waals surface area contributed by atoms with Crippen LogP contribution < -0.4 is 10.1 Å². The summed E-state index contributed by atoms with van der Waals surface area (Å²) in [6.45, 7) is 1.70. The summed E-state index contributed by atoms with van der Waals surface area (Å²) in [5.41, 5.74) is 2.51. The lowest BCUT2D eigenvalue weighted by molar-refractivity contribution is -0.122. The molecule has 0 spiro atoms. The van der Waals surface area contributed by atoms with Crippen molar-refractivity contribution in [3.8, 4) is 11.6 Å². The molecular formula is C21H22N4O2S. The summed E-state index contributed by atoms with van der Waals surface area (Å²) in [7, 11) is 0. The monoisotopic (exact) mass is 394 g/mol. The van der Waals surface area contributed by atoms with Crippen molar-refractivity contribution in [1.29, 1.82) is 0 Å². The summed E-state index contributed by atoms with van der Waals surface area (Å²) in [4.78, 5) is 24.7. The molecule has 2 aromatic heterocycles. The first kappa shape index (κ1) is 18.6. The number of thiazole rings is 1. The maximum Gasteiger partial charge on any atom is 0.241 e. The second-order valence-electron chi connectivity index (χ2n) is 6.74. The van der Waals surface area contributed by atoms with Gasteiger partial charge in [-0.15, -0.1) is 11.3 Å². The number of hydrogen-bond acceptors (Lipinski definition) is 6. The predicted molar refractivity (Wildman–Crippen MR) is 110 cm³/mol. The van der Waals surface area contributed by atoms with Gasteiger partial charge in [0.15, 0.2) is 0 Å². The molecule has 0 unspecified atom stereocenters. The summed E-state index contributed by atoms with van der Waals surface area (Å²) < 4.78 is 5.69. The Morgan fingerprint density at radius 3 is 2.82 bits per heavy atom. The van der Waals surface area contributed by atoms with Gasteiger partial charge in [-0.25, -0.2) is 4.98 Å². The van der Waals surface area contributed by atoms with Crippen LogP contribution >= 0.6 is 11.3 Å². The number of amides is 1. The van der Waals surface area contributed by atoms with Crippen molar-refractivity contribution in [3.63, 3.8) is 0 Å². The quantitative estimate of drug-likeness (QED) is 0.674. The highest BCUT2D eigenvalue weighted by Crippen LogP contribution is 2.23. The molecule has 0 bridgehead atoms. The van der Waals surface area contributed by atoms with Crippen LogP contribution in [-0.2, 0) is 11.3 Å². The number of nitrogens with zero attached hydrogens (tertiary/aromatic N) is 3. The zero-order chi connectivity index (χ0) is 19.2. The van der Waals surface area contributed by atoms with Crippen LogP contribution in [0.15, 0.2) is 60.4 Å². The third kappa shape index (κ3) is 4.74. The summed E-state index contributed by atoms with van der Waals surface area (Å²) in [6.07, 6.45) is 6.57. The molecule has 144 valence electrons. The Bertz CT molecular complexity index is 885. The molecule has 3 aromatic rings. The summed E-state index contributed by atoms with van der Waals surface area (Å²) >= 11 is 1.63. The number of pyridine rings is 1. The minimum absolute atomic E-state index is 0.0164. The van der Waals surface area contributed by atoms with Gasteiger partial charge in [0.25, 0.3) is 0 Å². The van der Waals surface area contributed by atoms with E-state index >= 15 is 0 Å². The van der Waals surface area contributed by atoms with E-state index in [4.69, 9.17) is 4.74 Å². The first-order valence-electron chi connectivity index (χ1n) is 9.39. The predicted octanol–water partition coefficient (Wildman–Crippen LogP) is 4.32. The Balaban J connectivity index is 1.37. The number of benzene rings is 1. The van der Waals surface area contributed by atoms with E-state index in [9.17, 15) is 4.79 Å². The number of para-hydroxylation sites is 1. The Morgan fingerprint density at radius 2 is 2.07 bits per heavy atom. The first-order chi connectivity index (χ1) is 13.8. The zero-order valence-corrected chi connectivity index (χ0v) is 16.3. The SMILES string of the molecule is O=C(Nc1ccc(Oc2ccccc2)nc1)[C@H]1CCCCN1Cc1cncs1. The van der Waals surface area contributed by atoms with Gasteiger partial charge in [-0.3, -0.25) is 14.7 Å². The lowest BCUT2D eigenvalue weighted by Crippen LogP contribution is -2.46. The fourth-order valence-electron chi connectivity index (χ4n) is 3.35. The van der Waals surface area contributed by atoms with Crippen molar-refractivity contribution in [2.75, 3.05) is 11.9 Å². The van der Waals surface area contributed by atoms with E-state index < -0.39 is 0 Å². The molecule has 1 saturated heterocycles. The van der Waals surface area contributed by atoms with Crippen LogP contribution in [0.1, 0.15) is 24.1 Å². The van der Waals surface area contributed by atoms with Gasteiger partial charge in [0, 0.05) is 23.7 Å². The highest BCUT2D eigenvalue weighted by Gasteiger charge is 2.29. The van der Waals surface area contributed by atoms with Gasteiger partial charge in [-0.1, -0.05) is 24.6 Å². The largest absolute Gasteiger partial charge is 0.439 e. The second-order valence-corrected chi connectivity index (χ2v) is 7.71. The molecule has 0 aliphatic carbocycles. The second kappa shape index (κ2) is 8.95. The van der Waals surface area contributed by atoms with E-state index in [1.807, 2.05) is 48.1 Å². The van der Waals surface area contributed by atoms with Crippen LogP contribution in [0.3, 0.4) is 0 Å². The number of anilines is 1. The molecule has 1 amide bonds. The van der Waals surface area contributed by atoms with E-state index in [1.165, 1.54) is 4.88 Å².